The minimum absolute atomic E-state index is 0.221. The summed E-state index contributed by atoms with van der Waals surface area (Å²) in [6, 6.07) is 3.62. The second-order valence-corrected chi connectivity index (χ2v) is 7.66. The topological polar surface area (TPSA) is 49.4 Å². The number of benzene rings is 1. The van der Waals surface area contributed by atoms with Crippen molar-refractivity contribution in [3.05, 3.63) is 29.0 Å². The smallest absolute Gasteiger partial charge is 0.246 e. The maximum Gasteiger partial charge on any atom is 0.246 e. The van der Waals surface area contributed by atoms with Crippen LogP contribution in [-0.4, -0.2) is 39.4 Å². The molecule has 1 aliphatic heterocycles. The van der Waals surface area contributed by atoms with E-state index in [-0.39, 0.29) is 9.92 Å². The van der Waals surface area contributed by atoms with Crippen LogP contribution >= 0.6 is 11.6 Å². The van der Waals surface area contributed by atoms with E-state index < -0.39 is 15.8 Å². The van der Waals surface area contributed by atoms with Crippen molar-refractivity contribution in [2.75, 3.05) is 26.7 Å². The molecule has 1 heterocycles. The Labute approximate surface area is 130 Å². The molecule has 7 heteroatoms. The maximum atomic E-state index is 13.8. The highest BCUT2D eigenvalue weighted by Gasteiger charge is 2.31. The first kappa shape index (κ1) is 16.7. The number of rotatable bonds is 5. The van der Waals surface area contributed by atoms with Crippen LogP contribution in [0, 0.1) is 11.7 Å². The fourth-order valence-corrected chi connectivity index (χ4v) is 4.40. The van der Waals surface area contributed by atoms with Gasteiger partial charge in [-0.25, -0.2) is 12.8 Å². The van der Waals surface area contributed by atoms with Gasteiger partial charge in [-0.2, -0.15) is 4.31 Å². The fourth-order valence-electron chi connectivity index (χ4n) is 2.60. The number of hydrogen-bond acceptors (Lipinski definition) is 3. The summed E-state index contributed by atoms with van der Waals surface area (Å²) in [6.45, 7) is 1.80. The third kappa shape index (κ3) is 3.94. The second kappa shape index (κ2) is 7.05. The molecule has 0 atom stereocenters. The number of nitrogens with one attached hydrogen (secondary N) is 1. The zero-order chi connectivity index (χ0) is 15.5. The van der Waals surface area contributed by atoms with Crippen molar-refractivity contribution >= 4 is 21.6 Å². The van der Waals surface area contributed by atoms with Gasteiger partial charge in [0.2, 0.25) is 10.0 Å². The van der Waals surface area contributed by atoms with Gasteiger partial charge in [-0.1, -0.05) is 11.6 Å². The van der Waals surface area contributed by atoms with Crippen molar-refractivity contribution in [2.24, 2.45) is 5.92 Å². The minimum atomic E-state index is -3.80. The average molecular weight is 335 g/mol. The zero-order valence-electron chi connectivity index (χ0n) is 12.0. The Morgan fingerprint density at radius 2 is 2.05 bits per heavy atom. The predicted octanol–water partition coefficient (Wildman–Crippen LogP) is 2.49. The summed E-state index contributed by atoms with van der Waals surface area (Å²) >= 11 is 5.79. The second-order valence-electron chi connectivity index (χ2n) is 5.31. The van der Waals surface area contributed by atoms with Gasteiger partial charge < -0.3 is 5.32 Å². The van der Waals surface area contributed by atoms with Crippen LogP contribution in [0.3, 0.4) is 0 Å². The van der Waals surface area contributed by atoms with Crippen LogP contribution in [0.4, 0.5) is 4.39 Å². The molecule has 2 rings (SSSR count). The van der Waals surface area contributed by atoms with Crippen molar-refractivity contribution in [1.82, 2.24) is 9.62 Å². The minimum Gasteiger partial charge on any atom is -0.320 e. The lowest BCUT2D eigenvalue weighted by molar-refractivity contribution is 0.262. The summed E-state index contributed by atoms with van der Waals surface area (Å²) in [4.78, 5) is -0.330. The Morgan fingerprint density at radius 1 is 1.38 bits per heavy atom. The lowest BCUT2D eigenvalue weighted by Crippen LogP contribution is -2.39. The van der Waals surface area contributed by atoms with Crippen LogP contribution in [-0.2, 0) is 10.0 Å². The van der Waals surface area contributed by atoms with E-state index in [9.17, 15) is 12.8 Å². The number of piperidine rings is 1. The van der Waals surface area contributed by atoms with Crippen LogP contribution in [0.25, 0.3) is 0 Å². The largest absolute Gasteiger partial charge is 0.320 e. The first-order valence-corrected chi connectivity index (χ1v) is 8.86. The molecule has 0 aromatic heterocycles. The molecular formula is C14H20ClFN2O2S. The van der Waals surface area contributed by atoms with Crippen molar-refractivity contribution < 1.29 is 12.8 Å². The van der Waals surface area contributed by atoms with Gasteiger partial charge in [0.1, 0.15) is 10.7 Å². The van der Waals surface area contributed by atoms with Gasteiger partial charge in [-0.15, -0.1) is 0 Å². The fraction of sp³-hybridized carbons (Fsp3) is 0.571. The standard InChI is InChI=1S/C14H20ClFN2O2S/c1-17-7-4-11-5-8-18(9-6-11)21(19,20)14-10-12(15)2-3-13(14)16/h2-3,10-11,17H,4-9H2,1H3. The van der Waals surface area contributed by atoms with Crippen LogP contribution in [0.5, 0.6) is 0 Å². The summed E-state index contributed by atoms with van der Waals surface area (Å²) in [5, 5.41) is 3.32. The van der Waals surface area contributed by atoms with E-state index in [1.165, 1.54) is 16.4 Å². The van der Waals surface area contributed by atoms with E-state index in [1.54, 1.807) is 0 Å². The van der Waals surface area contributed by atoms with Crippen molar-refractivity contribution in [3.63, 3.8) is 0 Å². The molecule has 0 amide bonds. The monoisotopic (exact) mass is 334 g/mol. The highest BCUT2D eigenvalue weighted by Crippen LogP contribution is 2.28. The molecule has 1 aromatic rings. The van der Waals surface area contributed by atoms with Gasteiger partial charge in [-0.05, 0) is 57.0 Å². The lowest BCUT2D eigenvalue weighted by atomic mass is 9.95. The molecule has 1 fully saturated rings. The molecule has 1 N–H and O–H groups in total. The Morgan fingerprint density at radius 3 is 2.67 bits per heavy atom. The molecule has 1 saturated heterocycles. The third-order valence-corrected chi connectivity index (χ3v) is 6.04. The van der Waals surface area contributed by atoms with E-state index in [4.69, 9.17) is 11.6 Å². The van der Waals surface area contributed by atoms with Gasteiger partial charge in [0, 0.05) is 18.1 Å². The molecule has 4 nitrogen and oxygen atoms in total. The summed E-state index contributed by atoms with van der Waals surface area (Å²) in [6.07, 6.45) is 2.65. The average Bonchev–Trinajstić information content (AvgIpc) is 2.48. The molecular weight excluding hydrogens is 315 g/mol. The van der Waals surface area contributed by atoms with E-state index in [2.05, 4.69) is 5.32 Å². The van der Waals surface area contributed by atoms with Crippen molar-refractivity contribution in [3.8, 4) is 0 Å². The quantitative estimate of drug-likeness (QED) is 0.900. The van der Waals surface area contributed by atoms with Gasteiger partial charge in [0.05, 0.1) is 0 Å². The molecule has 21 heavy (non-hydrogen) atoms. The number of hydrogen-bond donors (Lipinski definition) is 1. The number of halogens is 2. The van der Waals surface area contributed by atoms with Crippen LogP contribution < -0.4 is 5.32 Å². The molecule has 0 aliphatic carbocycles. The predicted molar refractivity (Wildman–Crippen MR) is 81.4 cm³/mol. The lowest BCUT2D eigenvalue weighted by Gasteiger charge is -2.31. The SMILES string of the molecule is CNCCC1CCN(S(=O)(=O)c2cc(Cl)ccc2F)CC1. The summed E-state index contributed by atoms with van der Waals surface area (Å²) in [5.41, 5.74) is 0. The summed E-state index contributed by atoms with van der Waals surface area (Å²) < 4.78 is 40.1. The zero-order valence-corrected chi connectivity index (χ0v) is 13.6. The molecule has 0 spiro atoms. The molecule has 1 aliphatic rings. The summed E-state index contributed by atoms with van der Waals surface area (Å²) in [7, 11) is -1.90. The Kier molecular flexibility index (Phi) is 5.60. The van der Waals surface area contributed by atoms with Crippen LogP contribution in [0.1, 0.15) is 19.3 Å². The molecule has 0 saturated carbocycles. The molecule has 0 unspecified atom stereocenters. The van der Waals surface area contributed by atoms with Crippen molar-refractivity contribution in [2.45, 2.75) is 24.2 Å². The van der Waals surface area contributed by atoms with Gasteiger partial charge in [0.25, 0.3) is 0 Å². The molecule has 0 radical (unpaired) electrons. The van der Waals surface area contributed by atoms with E-state index in [0.717, 1.165) is 31.9 Å². The Balaban J connectivity index is 2.10. The van der Waals surface area contributed by atoms with E-state index in [1.807, 2.05) is 7.05 Å². The molecule has 118 valence electrons. The highest BCUT2D eigenvalue weighted by molar-refractivity contribution is 7.89. The highest BCUT2D eigenvalue weighted by atomic mass is 35.5. The van der Waals surface area contributed by atoms with Gasteiger partial charge >= 0.3 is 0 Å². The third-order valence-electron chi connectivity index (χ3n) is 3.89. The molecule has 1 aromatic carbocycles. The molecule has 0 bridgehead atoms. The first-order chi connectivity index (χ1) is 9.95. The summed E-state index contributed by atoms with van der Waals surface area (Å²) in [5.74, 6) is -0.232. The number of nitrogens with zero attached hydrogens (tertiary/aromatic N) is 1. The van der Waals surface area contributed by atoms with Gasteiger partial charge in [-0.3, -0.25) is 0 Å². The maximum absolute atomic E-state index is 13.8. The van der Waals surface area contributed by atoms with Gasteiger partial charge in [0.15, 0.2) is 0 Å². The van der Waals surface area contributed by atoms with E-state index >= 15 is 0 Å². The Hall–Kier alpha value is -0.690. The Bertz CT molecular complexity index is 587. The normalized spacial score (nSPS) is 18.0. The van der Waals surface area contributed by atoms with Crippen LogP contribution in [0.2, 0.25) is 5.02 Å². The first-order valence-electron chi connectivity index (χ1n) is 7.05. The van der Waals surface area contributed by atoms with E-state index in [0.29, 0.717) is 19.0 Å². The number of sulfonamides is 1. The van der Waals surface area contributed by atoms with Crippen LogP contribution in [0.15, 0.2) is 23.1 Å². The van der Waals surface area contributed by atoms with Crippen molar-refractivity contribution in [1.29, 1.82) is 0 Å².